The van der Waals surface area contributed by atoms with Gasteiger partial charge in [0.15, 0.2) is 0 Å². The van der Waals surface area contributed by atoms with Gasteiger partial charge in [-0.1, -0.05) is 24.3 Å². The van der Waals surface area contributed by atoms with Crippen molar-refractivity contribution in [2.45, 2.75) is 56.5 Å². The highest BCUT2D eigenvalue weighted by Crippen LogP contribution is 2.38. The molecule has 2 aromatic rings. The number of fused-ring (bicyclic) bond motifs is 1. The van der Waals surface area contributed by atoms with Gasteiger partial charge in [0.25, 0.3) is 0 Å². The monoisotopic (exact) mass is 427 g/mol. The van der Waals surface area contributed by atoms with Gasteiger partial charge in [-0.3, -0.25) is 4.79 Å². The van der Waals surface area contributed by atoms with Gasteiger partial charge >= 0.3 is 0 Å². The van der Waals surface area contributed by atoms with Gasteiger partial charge in [-0.25, -0.2) is 4.98 Å². The van der Waals surface area contributed by atoms with E-state index in [9.17, 15) is 4.79 Å². The molecule has 27 heavy (non-hydrogen) atoms. The zero-order valence-corrected chi connectivity index (χ0v) is 17.6. The summed E-state index contributed by atoms with van der Waals surface area (Å²) in [6.45, 7) is 0. The molecule has 2 unspecified atom stereocenters. The Bertz CT molecular complexity index is 753. The zero-order chi connectivity index (χ0) is 17.2. The van der Waals surface area contributed by atoms with Crippen molar-refractivity contribution in [1.82, 2.24) is 10.3 Å². The molecule has 0 radical (unpaired) electrons. The van der Waals surface area contributed by atoms with Crippen LogP contribution < -0.4 is 11.1 Å². The third-order valence-electron chi connectivity index (χ3n) is 5.52. The Hall–Kier alpha value is -1.14. The van der Waals surface area contributed by atoms with E-state index in [0.717, 1.165) is 49.0 Å². The lowest BCUT2D eigenvalue weighted by atomic mass is 9.82. The van der Waals surface area contributed by atoms with E-state index in [4.69, 9.17) is 10.7 Å². The highest BCUT2D eigenvalue weighted by atomic mass is 35.5. The number of halogens is 2. The summed E-state index contributed by atoms with van der Waals surface area (Å²) < 4.78 is 1.20. The standard InChI is InChI=1S/C20H25N3OS.2ClH/c21-13-9-11-14(12-10-13)22-19(24)15-5-1-2-6-16(15)20-23-17-7-3-4-8-18(17)25-20;;/h1-4,7-8,13-16H,5-6,9-12,21H2,(H,22,24);2*1H. The first-order chi connectivity index (χ1) is 12.2. The number of hydrogen-bond donors (Lipinski definition) is 2. The van der Waals surface area contributed by atoms with Gasteiger partial charge in [-0.2, -0.15) is 0 Å². The second-order valence-electron chi connectivity index (χ2n) is 7.30. The fourth-order valence-electron chi connectivity index (χ4n) is 4.00. The quantitative estimate of drug-likeness (QED) is 0.704. The Kier molecular flexibility index (Phi) is 8.10. The number of aromatic nitrogens is 1. The van der Waals surface area contributed by atoms with Crippen molar-refractivity contribution in [3.8, 4) is 0 Å². The van der Waals surface area contributed by atoms with Crippen molar-refractivity contribution < 1.29 is 4.79 Å². The Morgan fingerprint density at radius 3 is 2.52 bits per heavy atom. The Morgan fingerprint density at radius 2 is 1.78 bits per heavy atom. The van der Waals surface area contributed by atoms with Gasteiger partial charge in [0, 0.05) is 18.0 Å². The number of hydrogen-bond acceptors (Lipinski definition) is 4. The first kappa shape index (κ1) is 22.2. The largest absolute Gasteiger partial charge is 0.353 e. The van der Waals surface area contributed by atoms with Crippen LogP contribution in [0.2, 0.25) is 0 Å². The number of benzene rings is 1. The minimum absolute atomic E-state index is 0. The lowest BCUT2D eigenvalue weighted by molar-refractivity contribution is -0.126. The molecular formula is C20H27Cl2N3OS. The number of allylic oxidation sites excluding steroid dienone is 2. The number of rotatable bonds is 3. The smallest absolute Gasteiger partial charge is 0.224 e. The molecule has 1 heterocycles. The molecule has 2 aliphatic rings. The number of nitrogens with zero attached hydrogens (tertiary/aromatic N) is 1. The predicted molar refractivity (Wildman–Crippen MR) is 117 cm³/mol. The van der Waals surface area contributed by atoms with Crippen LogP contribution in [0, 0.1) is 5.92 Å². The lowest BCUT2D eigenvalue weighted by Gasteiger charge is -2.31. The molecule has 148 valence electrons. The van der Waals surface area contributed by atoms with E-state index in [1.165, 1.54) is 4.70 Å². The topological polar surface area (TPSA) is 68.0 Å². The first-order valence-corrected chi connectivity index (χ1v) is 10.1. The minimum atomic E-state index is -0.0128. The molecule has 0 aliphatic heterocycles. The van der Waals surface area contributed by atoms with Crippen molar-refractivity contribution in [3.05, 3.63) is 41.4 Å². The van der Waals surface area contributed by atoms with Crippen LogP contribution >= 0.6 is 36.2 Å². The van der Waals surface area contributed by atoms with E-state index >= 15 is 0 Å². The average Bonchev–Trinajstić information content (AvgIpc) is 3.07. The summed E-state index contributed by atoms with van der Waals surface area (Å²) in [6, 6.07) is 8.81. The van der Waals surface area contributed by atoms with Gasteiger partial charge in [-0.05, 0) is 50.7 Å². The molecule has 4 nitrogen and oxygen atoms in total. The molecule has 1 saturated carbocycles. The molecule has 4 rings (SSSR count). The highest BCUT2D eigenvalue weighted by molar-refractivity contribution is 7.18. The fraction of sp³-hybridized carbons (Fsp3) is 0.500. The number of nitrogens with two attached hydrogens (primary N) is 1. The second kappa shape index (κ2) is 9.87. The SMILES string of the molecule is Cl.Cl.NC1CCC(NC(=O)C2CC=CCC2c2nc3ccccc3s2)CC1. The summed E-state index contributed by atoms with van der Waals surface area (Å²) in [5, 5.41) is 4.38. The molecule has 1 fully saturated rings. The summed E-state index contributed by atoms with van der Waals surface area (Å²) in [5.41, 5.74) is 7.02. The Labute approximate surface area is 176 Å². The molecule has 0 bridgehead atoms. The van der Waals surface area contributed by atoms with E-state index in [1.54, 1.807) is 11.3 Å². The molecule has 0 saturated heterocycles. The molecule has 7 heteroatoms. The van der Waals surface area contributed by atoms with Crippen LogP contribution in [0.25, 0.3) is 10.2 Å². The number of nitrogens with one attached hydrogen (secondary N) is 1. The minimum Gasteiger partial charge on any atom is -0.353 e. The maximum Gasteiger partial charge on any atom is 0.224 e. The Balaban J connectivity index is 0.00000131. The fourth-order valence-corrected chi connectivity index (χ4v) is 5.14. The summed E-state index contributed by atoms with van der Waals surface area (Å²) in [6.07, 6.45) is 10.1. The first-order valence-electron chi connectivity index (χ1n) is 9.27. The van der Waals surface area contributed by atoms with E-state index in [-0.39, 0.29) is 48.6 Å². The Morgan fingerprint density at radius 1 is 1.07 bits per heavy atom. The third-order valence-corrected chi connectivity index (χ3v) is 6.68. The van der Waals surface area contributed by atoms with Crippen LogP contribution in [0.4, 0.5) is 0 Å². The summed E-state index contributed by atoms with van der Waals surface area (Å²) in [7, 11) is 0. The lowest BCUT2D eigenvalue weighted by Crippen LogP contribution is -2.44. The van der Waals surface area contributed by atoms with E-state index in [0.29, 0.717) is 6.04 Å². The van der Waals surface area contributed by atoms with Crippen molar-refractivity contribution >= 4 is 52.3 Å². The molecule has 3 N–H and O–H groups in total. The van der Waals surface area contributed by atoms with Crippen LogP contribution in [0.3, 0.4) is 0 Å². The summed E-state index contributed by atoms with van der Waals surface area (Å²) >= 11 is 1.73. The maximum atomic E-state index is 12.9. The number of thiazole rings is 1. The van der Waals surface area contributed by atoms with E-state index in [2.05, 4.69) is 23.5 Å². The van der Waals surface area contributed by atoms with Gasteiger partial charge < -0.3 is 11.1 Å². The van der Waals surface area contributed by atoms with Gasteiger partial charge in [0.2, 0.25) is 5.91 Å². The summed E-state index contributed by atoms with van der Waals surface area (Å²) in [5.74, 6) is 0.364. The molecular weight excluding hydrogens is 401 g/mol. The number of amides is 1. The molecule has 1 aromatic carbocycles. The van der Waals surface area contributed by atoms with Crippen LogP contribution in [0.5, 0.6) is 0 Å². The molecule has 2 atom stereocenters. The van der Waals surface area contributed by atoms with Crippen LogP contribution in [0.1, 0.15) is 49.5 Å². The molecule has 1 amide bonds. The maximum absolute atomic E-state index is 12.9. The van der Waals surface area contributed by atoms with Crippen LogP contribution in [0.15, 0.2) is 36.4 Å². The van der Waals surface area contributed by atoms with Gasteiger partial charge in [-0.15, -0.1) is 36.2 Å². The summed E-state index contributed by atoms with van der Waals surface area (Å²) in [4.78, 5) is 17.8. The van der Waals surface area contributed by atoms with Crippen molar-refractivity contribution in [1.29, 1.82) is 0 Å². The van der Waals surface area contributed by atoms with Gasteiger partial charge in [0.1, 0.15) is 0 Å². The van der Waals surface area contributed by atoms with E-state index in [1.807, 2.05) is 18.2 Å². The normalized spacial score (nSPS) is 27.4. The van der Waals surface area contributed by atoms with Crippen molar-refractivity contribution in [2.75, 3.05) is 0 Å². The van der Waals surface area contributed by atoms with Crippen molar-refractivity contribution in [2.24, 2.45) is 11.7 Å². The second-order valence-corrected chi connectivity index (χ2v) is 8.36. The number of carbonyl (C=O) groups is 1. The van der Waals surface area contributed by atoms with Crippen molar-refractivity contribution in [3.63, 3.8) is 0 Å². The van der Waals surface area contributed by atoms with E-state index < -0.39 is 0 Å². The third kappa shape index (κ3) is 5.02. The number of carbonyl (C=O) groups excluding carboxylic acids is 1. The highest BCUT2D eigenvalue weighted by Gasteiger charge is 2.33. The zero-order valence-electron chi connectivity index (χ0n) is 15.2. The number of para-hydroxylation sites is 1. The average molecular weight is 428 g/mol. The van der Waals surface area contributed by atoms with Crippen LogP contribution in [-0.2, 0) is 4.79 Å². The molecule has 1 aromatic heterocycles. The van der Waals surface area contributed by atoms with Gasteiger partial charge in [0.05, 0.1) is 21.1 Å². The predicted octanol–water partition coefficient (Wildman–Crippen LogP) is 4.58. The molecule has 2 aliphatic carbocycles. The van der Waals surface area contributed by atoms with Crippen LogP contribution in [-0.4, -0.2) is 23.0 Å². The molecule has 0 spiro atoms.